The molecule has 2 rings (SSSR count). The van der Waals surface area contributed by atoms with Gasteiger partial charge in [-0.05, 0) is 48.9 Å². The summed E-state index contributed by atoms with van der Waals surface area (Å²) in [6.45, 7) is 2.01. The summed E-state index contributed by atoms with van der Waals surface area (Å²) in [7, 11) is 1.57. The minimum absolute atomic E-state index is 0.0301. The molecule has 7 nitrogen and oxygen atoms in total. The van der Waals surface area contributed by atoms with Crippen LogP contribution in [0.1, 0.15) is 30.1 Å². The van der Waals surface area contributed by atoms with Crippen LogP contribution in [-0.2, 0) is 9.59 Å². The van der Waals surface area contributed by atoms with Gasteiger partial charge in [-0.15, -0.1) is 0 Å². The zero-order valence-corrected chi connectivity index (χ0v) is 15.5. The van der Waals surface area contributed by atoms with Gasteiger partial charge >= 0.3 is 0 Å². The second-order valence-electron chi connectivity index (χ2n) is 5.94. The second-order valence-corrected chi connectivity index (χ2v) is 5.94. The highest BCUT2D eigenvalue weighted by molar-refractivity contribution is 5.96. The Labute approximate surface area is 158 Å². The number of amides is 3. The molecule has 2 aromatic carbocycles. The average Bonchev–Trinajstić information content (AvgIpc) is 2.67. The Kier molecular flexibility index (Phi) is 7.37. The lowest BCUT2D eigenvalue weighted by Gasteiger charge is -2.10. The molecule has 0 fully saturated rings. The van der Waals surface area contributed by atoms with Crippen molar-refractivity contribution >= 4 is 34.8 Å². The maximum atomic E-state index is 12.1. The molecule has 0 aromatic heterocycles. The highest BCUT2D eigenvalue weighted by atomic mass is 16.2. The summed E-state index contributed by atoms with van der Waals surface area (Å²) in [6.07, 6.45) is 1.27. The summed E-state index contributed by atoms with van der Waals surface area (Å²) in [5.74, 6) is -0.435. The maximum absolute atomic E-state index is 12.1. The highest BCUT2D eigenvalue weighted by Gasteiger charge is 2.06. The molecule has 0 heterocycles. The molecule has 0 aliphatic carbocycles. The van der Waals surface area contributed by atoms with Crippen LogP contribution >= 0.6 is 0 Å². The lowest BCUT2D eigenvalue weighted by atomic mass is 10.2. The Morgan fingerprint density at radius 2 is 1.48 bits per heavy atom. The standard InChI is InChI=1S/C20H24N4O3/c1-3-5-18(25)23-15-8-10-16(11-9-15)24-19(26)13-22-17-7-4-6-14(12-17)20(27)21-2/h4,6-12,22H,3,5,13H2,1-2H3,(H,21,27)(H,23,25)(H,24,26). The second kappa shape index (κ2) is 9.96. The van der Waals surface area contributed by atoms with Gasteiger partial charge in [0.2, 0.25) is 11.8 Å². The third-order valence-electron chi connectivity index (χ3n) is 3.73. The van der Waals surface area contributed by atoms with Gasteiger partial charge in [-0.2, -0.15) is 0 Å². The van der Waals surface area contributed by atoms with Crippen LogP contribution in [0.4, 0.5) is 17.1 Å². The van der Waals surface area contributed by atoms with Crippen molar-refractivity contribution in [1.29, 1.82) is 0 Å². The van der Waals surface area contributed by atoms with Gasteiger partial charge in [0.15, 0.2) is 0 Å². The minimum atomic E-state index is -0.219. The lowest BCUT2D eigenvalue weighted by molar-refractivity contribution is -0.116. The van der Waals surface area contributed by atoms with E-state index in [9.17, 15) is 14.4 Å². The van der Waals surface area contributed by atoms with E-state index in [-0.39, 0.29) is 24.3 Å². The molecular formula is C20H24N4O3. The van der Waals surface area contributed by atoms with Gasteiger partial charge in [0.25, 0.3) is 5.91 Å². The van der Waals surface area contributed by atoms with Gasteiger partial charge in [-0.1, -0.05) is 13.0 Å². The fraction of sp³-hybridized carbons (Fsp3) is 0.250. The van der Waals surface area contributed by atoms with Crippen molar-refractivity contribution in [2.75, 3.05) is 29.5 Å². The fourth-order valence-corrected chi connectivity index (χ4v) is 2.39. The van der Waals surface area contributed by atoms with Crippen LogP contribution in [0.25, 0.3) is 0 Å². The Morgan fingerprint density at radius 3 is 2.07 bits per heavy atom. The number of carbonyl (C=O) groups excluding carboxylic acids is 3. The molecule has 0 saturated carbocycles. The van der Waals surface area contributed by atoms with Crippen LogP contribution in [0.2, 0.25) is 0 Å². The van der Waals surface area contributed by atoms with Gasteiger partial charge < -0.3 is 21.3 Å². The topological polar surface area (TPSA) is 99.3 Å². The summed E-state index contributed by atoms with van der Waals surface area (Å²) in [5.41, 5.74) is 2.52. The van der Waals surface area contributed by atoms with Crippen molar-refractivity contribution in [2.45, 2.75) is 19.8 Å². The van der Waals surface area contributed by atoms with Crippen molar-refractivity contribution in [1.82, 2.24) is 5.32 Å². The number of nitrogens with one attached hydrogen (secondary N) is 4. The van der Waals surface area contributed by atoms with Gasteiger partial charge in [0.05, 0.1) is 6.54 Å². The summed E-state index contributed by atoms with van der Waals surface area (Å²) < 4.78 is 0. The first-order chi connectivity index (χ1) is 13.0. The first-order valence-electron chi connectivity index (χ1n) is 8.77. The van der Waals surface area contributed by atoms with E-state index >= 15 is 0 Å². The molecule has 0 aliphatic rings. The molecule has 4 N–H and O–H groups in total. The minimum Gasteiger partial charge on any atom is -0.376 e. The van der Waals surface area contributed by atoms with Crippen molar-refractivity contribution in [3.63, 3.8) is 0 Å². The third kappa shape index (κ3) is 6.47. The molecule has 0 spiro atoms. The van der Waals surface area contributed by atoms with E-state index in [0.29, 0.717) is 29.0 Å². The van der Waals surface area contributed by atoms with E-state index in [2.05, 4.69) is 21.3 Å². The van der Waals surface area contributed by atoms with E-state index in [1.165, 1.54) is 0 Å². The Balaban J connectivity index is 1.85. The quantitative estimate of drug-likeness (QED) is 0.576. The Morgan fingerprint density at radius 1 is 0.852 bits per heavy atom. The zero-order valence-electron chi connectivity index (χ0n) is 15.5. The Hall–Kier alpha value is -3.35. The molecule has 2 aromatic rings. The molecule has 0 saturated heterocycles. The summed E-state index contributed by atoms with van der Waals surface area (Å²) in [4.78, 5) is 35.3. The number of hydrogen-bond acceptors (Lipinski definition) is 4. The number of rotatable bonds is 8. The monoisotopic (exact) mass is 368 g/mol. The molecule has 0 bridgehead atoms. The SMILES string of the molecule is CCCC(=O)Nc1ccc(NC(=O)CNc2cccc(C(=O)NC)c2)cc1. The van der Waals surface area contributed by atoms with Crippen molar-refractivity contribution in [3.05, 3.63) is 54.1 Å². The van der Waals surface area contributed by atoms with Gasteiger partial charge in [0, 0.05) is 36.1 Å². The summed E-state index contributed by atoms with van der Waals surface area (Å²) in [5, 5.41) is 11.1. The smallest absolute Gasteiger partial charge is 0.251 e. The largest absolute Gasteiger partial charge is 0.376 e. The summed E-state index contributed by atoms with van der Waals surface area (Å²) >= 11 is 0. The molecule has 7 heteroatoms. The van der Waals surface area contributed by atoms with E-state index in [1.54, 1.807) is 55.6 Å². The maximum Gasteiger partial charge on any atom is 0.251 e. The number of anilines is 3. The van der Waals surface area contributed by atoms with Crippen LogP contribution in [0, 0.1) is 0 Å². The molecule has 27 heavy (non-hydrogen) atoms. The number of carbonyl (C=O) groups is 3. The van der Waals surface area contributed by atoms with Crippen LogP contribution in [0.3, 0.4) is 0 Å². The van der Waals surface area contributed by atoms with E-state index < -0.39 is 0 Å². The average molecular weight is 368 g/mol. The molecule has 3 amide bonds. The molecule has 0 atom stereocenters. The number of hydrogen-bond donors (Lipinski definition) is 4. The van der Waals surface area contributed by atoms with Crippen molar-refractivity contribution in [2.24, 2.45) is 0 Å². The predicted octanol–water partition coefficient (Wildman–Crippen LogP) is 2.84. The predicted molar refractivity (Wildman–Crippen MR) is 107 cm³/mol. The van der Waals surface area contributed by atoms with Gasteiger partial charge in [0.1, 0.15) is 0 Å². The van der Waals surface area contributed by atoms with Gasteiger partial charge in [-0.3, -0.25) is 14.4 Å². The molecule has 142 valence electrons. The first kappa shape index (κ1) is 20.0. The van der Waals surface area contributed by atoms with E-state index in [0.717, 1.165) is 6.42 Å². The Bertz CT molecular complexity index is 803. The first-order valence-corrected chi connectivity index (χ1v) is 8.77. The number of benzene rings is 2. The van der Waals surface area contributed by atoms with Crippen LogP contribution in [0.5, 0.6) is 0 Å². The molecule has 0 radical (unpaired) electrons. The van der Waals surface area contributed by atoms with Gasteiger partial charge in [-0.25, -0.2) is 0 Å². The molecule has 0 aliphatic heterocycles. The van der Waals surface area contributed by atoms with Crippen molar-refractivity contribution in [3.8, 4) is 0 Å². The van der Waals surface area contributed by atoms with Crippen LogP contribution < -0.4 is 21.3 Å². The zero-order chi connectivity index (χ0) is 19.6. The molecule has 0 unspecified atom stereocenters. The van der Waals surface area contributed by atoms with E-state index in [4.69, 9.17) is 0 Å². The third-order valence-corrected chi connectivity index (χ3v) is 3.73. The fourth-order valence-electron chi connectivity index (χ4n) is 2.39. The highest BCUT2D eigenvalue weighted by Crippen LogP contribution is 2.14. The van der Waals surface area contributed by atoms with Crippen molar-refractivity contribution < 1.29 is 14.4 Å². The summed E-state index contributed by atoms with van der Waals surface area (Å²) in [6, 6.07) is 13.8. The van der Waals surface area contributed by atoms with Crippen LogP contribution in [-0.4, -0.2) is 31.3 Å². The van der Waals surface area contributed by atoms with E-state index in [1.807, 2.05) is 6.92 Å². The normalized spacial score (nSPS) is 10.0. The lowest BCUT2D eigenvalue weighted by Crippen LogP contribution is -2.22. The molecular weight excluding hydrogens is 344 g/mol. The van der Waals surface area contributed by atoms with Crippen LogP contribution in [0.15, 0.2) is 48.5 Å².